The van der Waals surface area contributed by atoms with Crippen LogP contribution < -0.4 is 10.6 Å². The Hall–Kier alpha value is -2.67. The summed E-state index contributed by atoms with van der Waals surface area (Å²) in [6, 6.07) is 9.08. The quantitative estimate of drug-likeness (QED) is 0.352. The van der Waals surface area contributed by atoms with Gasteiger partial charge in [0, 0.05) is 32.7 Å². The number of hydrogen-bond acceptors (Lipinski definition) is 4. The lowest BCUT2D eigenvalue weighted by molar-refractivity contribution is -0.140. The number of aliphatic hydroxyl groups excluding tert-OH is 1. The number of allylic oxidation sites excluding steroid dienone is 1. The third-order valence-corrected chi connectivity index (χ3v) is 7.02. The standard InChI is InChI=1S/C26H37N3O4/c1-3-19-13-14-20-22(21(19)24(31)27-2)26(33)29(15-9-4-5-10-16-30)23(20)25(32)28-17-18-11-7-6-8-12-18/h6-8,11-14,19-23,30H,3-5,9-10,15-17H2,1-2H3,(H,27,31)(H,28,32)/t19-,20+,21-,22-,23+/m1/s1. The monoisotopic (exact) mass is 455 g/mol. The zero-order chi connectivity index (χ0) is 23.8. The van der Waals surface area contributed by atoms with Crippen molar-refractivity contribution in [2.24, 2.45) is 23.7 Å². The fourth-order valence-electron chi connectivity index (χ4n) is 5.29. The molecule has 7 heteroatoms. The third kappa shape index (κ3) is 5.64. The van der Waals surface area contributed by atoms with Crippen molar-refractivity contribution in [2.45, 2.75) is 51.6 Å². The van der Waals surface area contributed by atoms with Crippen LogP contribution in [0.2, 0.25) is 0 Å². The molecule has 0 unspecified atom stereocenters. The van der Waals surface area contributed by atoms with Gasteiger partial charge in [-0.25, -0.2) is 0 Å². The van der Waals surface area contributed by atoms with Crippen molar-refractivity contribution in [2.75, 3.05) is 20.2 Å². The van der Waals surface area contributed by atoms with Crippen LogP contribution in [0.5, 0.6) is 0 Å². The summed E-state index contributed by atoms with van der Waals surface area (Å²) in [4.78, 5) is 41.5. The van der Waals surface area contributed by atoms with E-state index in [4.69, 9.17) is 5.11 Å². The highest BCUT2D eigenvalue weighted by Crippen LogP contribution is 2.45. The van der Waals surface area contributed by atoms with E-state index in [1.165, 1.54) is 0 Å². The molecule has 1 heterocycles. The van der Waals surface area contributed by atoms with Crippen LogP contribution in [0.4, 0.5) is 0 Å². The van der Waals surface area contributed by atoms with Gasteiger partial charge in [-0.3, -0.25) is 14.4 Å². The Bertz CT molecular complexity index is 841. The van der Waals surface area contributed by atoms with Gasteiger partial charge < -0.3 is 20.6 Å². The van der Waals surface area contributed by atoms with Gasteiger partial charge in [-0.1, -0.05) is 62.2 Å². The third-order valence-electron chi connectivity index (χ3n) is 7.02. The van der Waals surface area contributed by atoms with Crippen molar-refractivity contribution in [3.63, 3.8) is 0 Å². The van der Waals surface area contributed by atoms with Crippen LogP contribution in [0.3, 0.4) is 0 Å². The normalized spacial score (nSPS) is 26.2. The van der Waals surface area contributed by atoms with Crippen LogP contribution in [0.1, 0.15) is 44.6 Å². The minimum atomic E-state index is -0.620. The van der Waals surface area contributed by atoms with E-state index >= 15 is 0 Å². The van der Waals surface area contributed by atoms with Gasteiger partial charge in [0.2, 0.25) is 17.7 Å². The minimum Gasteiger partial charge on any atom is -0.396 e. The van der Waals surface area contributed by atoms with E-state index in [2.05, 4.69) is 10.6 Å². The molecule has 1 fully saturated rings. The highest BCUT2D eigenvalue weighted by atomic mass is 16.3. The van der Waals surface area contributed by atoms with Crippen molar-refractivity contribution < 1.29 is 19.5 Å². The number of amides is 3. The molecule has 180 valence electrons. The average molecular weight is 456 g/mol. The number of fused-ring (bicyclic) bond motifs is 1. The van der Waals surface area contributed by atoms with Gasteiger partial charge >= 0.3 is 0 Å². The minimum absolute atomic E-state index is 0.0207. The number of benzene rings is 1. The first-order valence-electron chi connectivity index (χ1n) is 12.2. The summed E-state index contributed by atoms with van der Waals surface area (Å²) >= 11 is 0. The lowest BCUT2D eigenvalue weighted by atomic mass is 9.69. The van der Waals surface area contributed by atoms with Crippen LogP contribution in [0, 0.1) is 23.7 Å². The fourth-order valence-corrected chi connectivity index (χ4v) is 5.29. The molecule has 1 aliphatic heterocycles. The highest BCUT2D eigenvalue weighted by Gasteiger charge is 2.56. The molecule has 0 aromatic heterocycles. The van der Waals surface area contributed by atoms with Crippen LogP contribution in [-0.2, 0) is 20.9 Å². The van der Waals surface area contributed by atoms with Gasteiger partial charge in [-0.2, -0.15) is 0 Å². The van der Waals surface area contributed by atoms with Crippen molar-refractivity contribution in [1.82, 2.24) is 15.5 Å². The van der Waals surface area contributed by atoms with Gasteiger partial charge in [0.05, 0.1) is 11.8 Å². The van der Waals surface area contributed by atoms with E-state index in [9.17, 15) is 14.4 Å². The molecule has 1 saturated heterocycles. The number of nitrogens with one attached hydrogen (secondary N) is 2. The maximum Gasteiger partial charge on any atom is 0.243 e. The van der Waals surface area contributed by atoms with E-state index in [1.54, 1.807) is 11.9 Å². The molecule has 1 aromatic carbocycles. The molecule has 3 N–H and O–H groups in total. The average Bonchev–Trinajstić information content (AvgIpc) is 3.13. The number of likely N-dealkylation sites (tertiary alicyclic amines) is 1. The summed E-state index contributed by atoms with van der Waals surface area (Å²) in [5, 5.41) is 14.8. The second kappa shape index (κ2) is 12.0. The second-order valence-electron chi connectivity index (χ2n) is 9.02. The maximum absolute atomic E-state index is 13.6. The molecule has 1 aromatic rings. The first-order valence-corrected chi connectivity index (χ1v) is 12.2. The van der Waals surface area contributed by atoms with Crippen molar-refractivity contribution >= 4 is 17.7 Å². The number of carbonyl (C=O) groups is 3. The molecule has 33 heavy (non-hydrogen) atoms. The smallest absolute Gasteiger partial charge is 0.243 e. The van der Waals surface area contributed by atoms with E-state index in [0.717, 1.165) is 37.7 Å². The van der Waals surface area contributed by atoms with Crippen LogP contribution >= 0.6 is 0 Å². The fraction of sp³-hybridized carbons (Fsp3) is 0.577. The lowest BCUT2D eigenvalue weighted by Crippen LogP contribution is -2.47. The Morgan fingerprint density at radius 2 is 1.76 bits per heavy atom. The van der Waals surface area contributed by atoms with Crippen molar-refractivity contribution in [3.05, 3.63) is 48.0 Å². The van der Waals surface area contributed by atoms with Crippen LogP contribution in [0.25, 0.3) is 0 Å². The predicted octanol–water partition coefficient (Wildman–Crippen LogP) is 2.26. The van der Waals surface area contributed by atoms with E-state index < -0.39 is 17.9 Å². The van der Waals surface area contributed by atoms with Crippen LogP contribution in [-0.4, -0.2) is 54.0 Å². The Kier molecular flexibility index (Phi) is 9.06. The van der Waals surface area contributed by atoms with Gasteiger partial charge in [0.1, 0.15) is 6.04 Å². The molecular weight excluding hydrogens is 418 g/mol. The predicted molar refractivity (Wildman–Crippen MR) is 127 cm³/mol. The first kappa shape index (κ1) is 25.0. The molecule has 3 amide bonds. The largest absolute Gasteiger partial charge is 0.396 e. The van der Waals surface area contributed by atoms with Crippen LogP contribution in [0.15, 0.2) is 42.5 Å². The number of rotatable bonds is 11. The number of hydrogen-bond donors (Lipinski definition) is 3. The molecule has 0 radical (unpaired) electrons. The summed E-state index contributed by atoms with van der Waals surface area (Å²) in [6.07, 6.45) is 8.04. The Morgan fingerprint density at radius 3 is 2.42 bits per heavy atom. The maximum atomic E-state index is 13.6. The summed E-state index contributed by atoms with van der Waals surface area (Å²) in [6.45, 7) is 3.06. The number of carbonyl (C=O) groups excluding carboxylic acids is 3. The zero-order valence-electron chi connectivity index (χ0n) is 19.7. The molecule has 1 aliphatic carbocycles. The lowest BCUT2D eigenvalue weighted by Gasteiger charge is -2.33. The summed E-state index contributed by atoms with van der Waals surface area (Å²) in [7, 11) is 1.60. The number of aliphatic hydroxyl groups is 1. The number of unbranched alkanes of at least 4 members (excludes halogenated alkanes) is 3. The molecule has 7 nitrogen and oxygen atoms in total. The summed E-state index contributed by atoms with van der Waals surface area (Å²) in [5.74, 6) is -1.74. The van der Waals surface area contributed by atoms with E-state index in [1.807, 2.05) is 49.4 Å². The highest BCUT2D eigenvalue weighted by molar-refractivity contribution is 5.96. The Balaban J connectivity index is 1.83. The van der Waals surface area contributed by atoms with E-state index in [0.29, 0.717) is 13.1 Å². The first-order chi connectivity index (χ1) is 16.0. The van der Waals surface area contributed by atoms with Crippen molar-refractivity contribution in [1.29, 1.82) is 0 Å². The molecular formula is C26H37N3O4. The van der Waals surface area contributed by atoms with Gasteiger partial charge in [0.25, 0.3) is 0 Å². The molecule has 3 rings (SSSR count). The van der Waals surface area contributed by atoms with Gasteiger partial charge in [-0.15, -0.1) is 0 Å². The van der Waals surface area contributed by atoms with Gasteiger partial charge in [0.15, 0.2) is 0 Å². The zero-order valence-corrected chi connectivity index (χ0v) is 19.7. The molecule has 0 saturated carbocycles. The Labute approximate surface area is 196 Å². The molecule has 0 bridgehead atoms. The molecule has 0 spiro atoms. The molecule has 2 aliphatic rings. The van der Waals surface area contributed by atoms with Crippen molar-refractivity contribution in [3.8, 4) is 0 Å². The van der Waals surface area contributed by atoms with E-state index in [-0.39, 0.29) is 36.2 Å². The SMILES string of the molecule is CC[C@@H]1C=C[C@H]2[C@@H](C(=O)N(CCCCCCO)[C@@H]2C(=O)NCc2ccccc2)[C@@H]1C(=O)NC. The van der Waals surface area contributed by atoms with Gasteiger partial charge in [-0.05, 0) is 30.7 Å². The summed E-state index contributed by atoms with van der Waals surface area (Å²) in [5.41, 5.74) is 0.996. The summed E-state index contributed by atoms with van der Waals surface area (Å²) < 4.78 is 0. The Morgan fingerprint density at radius 1 is 1.03 bits per heavy atom. The molecule has 5 atom stereocenters. The second-order valence-corrected chi connectivity index (χ2v) is 9.02. The number of nitrogens with zero attached hydrogens (tertiary/aromatic N) is 1. The topological polar surface area (TPSA) is 98.7 Å².